The minimum Gasteiger partial charge on any atom is -0.444 e. The molecule has 1 fully saturated rings. The third-order valence-electron chi connectivity index (χ3n) is 2.29. The summed E-state index contributed by atoms with van der Waals surface area (Å²) in [6.45, 7) is 6.67. The van der Waals surface area contributed by atoms with E-state index in [1.165, 1.54) is 0 Å². The third kappa shape index (κ3) is 4.81. The standard InChI is InChI=1S/C11H22N2O3/c1-11(2,3)16-10(14)13-8-6-9(7-8)15-5-4-12/h8-9H,4-7,12H2,1-3H3,(H,13,14). The average molecular weight is 230 g/mol. The van der Waals surface area contributed by atoms with E-state index in [1.54, 1.807) is 0 Å². The van der Waals surface area contributed by atoms with E-state index in [0.29, 0.717) is 13.2 Å². The van der Waals surface area contributed by atoms with Crippen LogP contribution in [0, 0.1) is 0 Å². The predicted molar refractivity (Wildman–Crippen MR) is 61.2 cm³/mol. The molecule has 1 aliphatic carbocycles. The Balaban J connectivity index is 2.10. The molecule has 1 aliphatic rings. The summed E-state index contributed by atoms with van der Waals surface area (Å²) in [4.78, 5) is 11.4. The molecule has 1 saturated carbocycles. The first-order chi connectivity index (χ1) is 7.40. The van der Waals surface area contributed by atoms with Crippen LogP contribution in [0.1, 0.15) is 33.6 Å². The fraction of sp³-hybridized carbons (Fsp3) is 0.909. The van der Waals surface area contributed by atoms with Crippen LogP contribution in [0.2, 0.25) is 0 Å². The van der Waals surface area contributed by atoms with E-state index in [9.17, 15) is 4.79 Å². The fourth-order valence-corrected chi connectivity index (χ4v) is 1.53. The zero-order valence-electron chi connectivity index (χ0n) is 10.3. The number of amides is 1. The zero-order chi connectivity index (χ0) is 12.2. The van der Waals surface area contributed by atoms with Crippen molar-refractivity contribution < 1.29 is 14.3 Å². The number of carbonyl (C=O) groups excluding carboxylic acids is 1. The predicted octanol–water partition coefficient (Wildman–Crippen LogP) is 1.02. The molecule has 0 atom stereocenters. The second-order valence-electron chi connectivity index (χ2n) is 5.10. The van der Waals surface area contributed by atoms with Gasteiger partial charge in [-0.1, -0.05) is 0 Å². The molecule has 0 radical (unpaired) electrons. The van der Waals surface area contributed by atoms with Crippen molar-refractivity contribution in [3.8, 4) is 0 Å². The monoisotopic (exact) mass is 230 g/mol. The van der Waals surface area contributed by atoms with Crippen molar-refractivity contribution in [2.75, 3.05) is 13.2 Å². The van der Waals surface area contributed by atoms with Gasteiger partial charge in [-0.25, -0.2) is 4.79 Å². The lowest BCUT2D eigenvalue weighted by atomic mass is 9.89. The van der Waals surface area contributed by atoms with E-state index in [4.69, 9.17) is 15.2 Å². The first kappa shape index (κ1) is 13.3. The topological polar surface area (TPSA) is 73.6 Å². The molecule has 1 amide bonds. The molecule has 0 bridgehead atoms. The zero-order valence-corrected chi connectivity index (χ0v) is 10.3. The van der Waals surface area contributed by atoms with E-state index in [0.717, 1.165) is 12.8 Å². The van der Waals surface area contributed by atoms with Crippen molar-refractivity contribution in [1.82, 2.24) is 5.32 Å². The van der Waals surface area contributed by atoms with Crippen LogP contribution < -0.4 is 11.1 Å². The highest BCUT2D eigenvalue weighted by Crippen LogP contribution is 2.23. The van der Waals surface area contributed by atoms with Crippen molar-refractivity contribution in [3.63, 3.8) is 0 Å². The van der Waals surface area contributed by atoms with Gasteiger partial charge in [-0.3, -0.25) is 0 Å². The highest BCUT2D eigenvalue weighted by atomic mass is 16.6. The van der Waals surface area contributed by atoms with Gasteiger partial charge in [0, 0.05) is 12.6 Å². The van der Waals surface area contributed by atoms with Gasteiger partial charge in [0.15, 0.2) is 0 Å². The van der Waals surface area contributed by atoms with E-state index in [-0.39, 0.29) is 18.2 Å². The van der Waals surface area contributed by atoms with Crippen LogP contribution >= 0.6 is 0 Å². The second kappa shape index (κ2) is 5.50. The number of nitrogens with one attached hydrogen (secondary N) is 1. The highest BCUT2D eigenvalue weighted by molar-refractivity contribution is 5.68. The lowest BCUT2D eigenvalue weighted by Gasteiger charge is -2.35. The van der Waals surface area contributed by atoms with Crippen molar-refractivity contribution >= 4 is 6.09 Å². The van der Waals surface area contributed by atoms with Gasteiger partial charge in [-0.2, -0.15) is 0 Å². The van der Waals surface area contributed by atoms with E-state index >= 15 is 0 Å². The van der Waals surface area contributed by atoms with E-state index in [2.05, 4.69) is 5.32 Å². The van der Waals surface area contributed by atoms with Crippen LogP contribution in [0.15, 0.2) is 0 Å². The fourth-order valence-electron chi connectivity index (χ4n) is 1.53. The molecule has 0 aromatic heterocycles. The van der Waals surface area contributed by atoms with E-state index in [1.807, 2.05) is 20.8 Å². The quantitative estimate of drug-likeness (QED) is 0.756. The lowest BCUT2D eigenvalue weighted by molar-refractivity contribution is -0.0164. The lowest BCUT2D eigenvalue weighted by Crippen LogP contribution is -2.49. The Kier molecular flexibility index (Phi) is 4.56. The molecule has 0 heterocycles. The van der Waals surface area contributed by atoms with Crippen LogP contribution in [0.5, 0.6) is 0 Å². The van der Waals surface area contributed by atoms with Crippen molar-refractivity contribution in [2.24, 2.45) is 5.73 Å². The molecule has 94 valence electrons. The molecule has 5 heteroatoms. The normalized spacial score (nSPS) is 24.8. The largest absolute Gasteiger partial charge is 0.444 e. The van der Waals surface area contributed by atoms with Crippen molar-refractivity contribution in [3.05, 3.63) is 0 Å². The minimum absolute atomic E-state index is 0.178. The van der Waals surface area contributed by atoms with Crippen LogP contribution in [-0.2, 0) is 9.47 Å². The molecule has 3 N–H and O–H groups in total. The Morgan fingerprint density at radius 2 is 2.06 bits per heavy atom. The number of rotatable bonds is 4. The van der Waals surface area contributed by atoms with Crippen molar-refractivity contribution in [1.29, 1.82) is 0 Å². The summed E-state index contributed by atoms with van der Waals surface area (Å²) >= 11 is 0. The Morgan fingerprint density at radius 1 is 1.44 bits per heavy atom. The molecule has 1 rings (SSSR count). The van der Waals surface area contributed by atoms with Gasteiger partial charge in [0.1, 0.15) is 5.60 Å². The molecule has 0 aromatic rings. The number of alkyl carbamates (subject to hydrolysis) is 1. The number of carbonyl (C=O) groups is 1. The van der Waals surface area contributed by atoms with Crippen LogP contribution in [0.3, 0.4) is 0 Å². The first-order valence-electron chi connectivity index (χ1n) is 5.72. The molecule has 16 heavy (non-hydrogen) atoms. The molecule has 0 aliphatic heterocycles. The number of hydrogen-bond donors (Lipinski definition) is 2. The number of nitrogens with two attached hydrogens (primary N) is 1. The smallest absolute Gasteiger partial charge is 0.407 e. The first-order valence-corrected chi connectivity index (χ1v) is 5.72. The molecule has 0 saturated heterocycles. The van der Waals surface area contributed by atoms with Gasteiger partial charge in [0.2, 0.25) is 0 Å². The van der Waals surface area contributed by atoms with Gasteiger partial charge >= 0.3 is 6.09 Å². The summed E-state index contributed by atoms with van der Waals surface area (Å²) < 4.78 is 10.6. The second-order valence-corrected chi connectivity index (χ2v) is 5.10. The highest BCUT2D eigenvalue weighted by Gasteiger charge is 2.32. The Bertz CT molecular complexity index is 232. The Hall–Kier alpha value is -0.810. The number of hydrogen-bond acceptors (Lipinski definition) is 4. The van der Waals surface area contributed by atoms with E-state index < -0.39 is 5.60 Å². The summed E-state index contributed by atoms with van der Waals surface area (Å²) in [7, 11) is 0. The maximum absolute atomic E-state index is 11.4. The summed E-state index contributed by atoms with van der Waals surface area (Å²) in [5.41, 5.74) is 4.88. The van der Waals surface area contributed by atoms with Gasteiger partial charge in [-0.05, 0) is 33.6 Å². The minimum atomic E-state index is -0.441. The third-order valence-corrected chi connectivity index (χ3v) is 2.29. The summed E-state index contributed by atoms with van der Waals surface area (Å²) in [6.07, 6.45) is 1.58. The maximum Gasteiger partial charge on any atom is 0.407 e. The van der Waals surface area contributed by atoms with Gasteiger partial charge in [-0.15, -0.1) is 0 Å². The Labute approximate surface area is 96.7 Å². The SMILES string of the molecule is CC(C)(C)OC(=O)NC1CC(OCCN)C1. The molecular weight excluding hydrogens is 208 g/mol. The molecule has 0 aromatic carbocycles. The summed E-state index contributed by atoms with van der Waals surface area (Å²) in [5, 5.41) is 2.81. The molecule has 5 nitrogen and oxygen atoms in total. The van der Waals surface area contributed by atoms with Gasteiger partial charge in [0.05, 0.1) is 12.7 Å². The average Bonchev–Trinajstić information content (AvgIpc) is 2.05. The molecular formula is C11H22N2O3. The Morgan fingerprint density at radius 3 is 2.56 bits per heavy atom. The summed E-state index contributed by atoms with van der Waals surface area (Å²) in [6, 6.07) is 0.178. The van der Waals surface area contributed by atoms with Gasteiger partial charge in [0.25, 0.3) is 0 Å². The van der Waals surface area contributed by atoms with Crippen LogP contribution in [0.25, 0.3) is 0 Å². The number of ether oxygens (including phenoxy) is 2. The van der Waals surface area contributed by atoms with Gasteiger partial charge < -0.3 is 20.5 Å². The van der Waals surface area contributed by atoms with Crippen LogP contribution in [0.4, 0.5) is 4.79 Å². The van der Waals surface area contributed by atoms with Crippen LogP contribution in [-0.4, -0.2) is 37.0 Å². The molecule has 0 unspecified atom stereocenters. The molecule has 0 spiro atoms. The summed E-state index contributed by atoms with van der Waals surface area (Å²) in [5.74, 6) is 0. The van der Waals surface area contributed by atoms with Crippen molar-refractivity contribution in [2.45, 2.75) is 51.4 Å². The maximum atomic E-state index is 11.4.